The molecule has 0 radical (unpaired) electrons. The van der Waals surface area contributed by atoms with Crippen molar-refractivity contribution in [3.63, 3.8) is 0 Å². The Balaban J connectivity index is 1.03. The minimum Gasteiger partial charge on any atom is -0.0616 e. The van der Waals surface area contributed by atoms with E-state index in [4.69, 9.17) is 0 Å². The normalized spacial score (nSPS) is 13.1. The van der Waals surface area contributed by atoms with Gasteiger partial charge in [0.1, 0.15) is 0 Å². The quantitative estimate of drug-likeness (QED) is 0.161. The Morgan fingerprint density at radius 1 is 0.291 bits per heavy atom. The standard InChI is InChI=1S/C55H38/c1-55(2)51-32-30-39(34-50(51)49-31-29-37-14-4-6-19-44(37)54(49)55)35-25-27-38(28-26-35)52-45-20-7-9-22-47(45)53(48-23-10-8-21-46(48)52)41-17-11-16-40(33-41)43-24-12-15-36-13-3-5-18-42(36)43/h3-34H,1-2H3. The van der Waals surface area contributed by atoms with Crippen LogP contribution in [0.1, 0.15) is 25.0 Å². The Morgan fingerprint density at radius 3 is 1.49 bits per heavy atom. The van der Waals surface area contributed by atoms with Crippen molar-refractivity contribution in [2.75, 3.05) is 0 Å². The first-order chi connectivity index (χ1) is 27.0. The van der Waals surface area contributed by atoms with E-state index in [1.165, 1.54) is 110 Å². The molecule has 0 saturated carbocycles. The molecular weight excluding hydrogens is 661 g/mol. The highest BCUT2D eigenvalue weighted by molar-refractivity contribution is 6.21. The lowest BCUT2D eigenvalue weighted by molar-refractivity contribution is 0.666. The number of hydrogen-bond acceptors (Lipinski definition) is 0. The Kier molecular flexibility index (Phi) is 7.00. The number of rotatable bonds is 4. The fourth-order valence-electron chi connectivity index (χ4n) is 9.69. The third-order valence-electron chi connectivity index (χ3n) is 12.2. The van der Waals surface area contributed by atoms with E-state index >= 15 is 0 Å². The molecule has 0 nitrogen and oxygen atoms in total. The van der Waals surface area contributed by atoms with Crippen molar-refractivity contribution in [3.05, 3.63) is 205 Å². The van der Waals surface area contributed by atoms with Crippen molar-refractivity contribution in [2.45, 2.75) is 19.3 Å². The molecule has 1 aliphatic carbocycles. The zero-order valence-corrected chi connectivity index (χ0v) is 31.0. The summed E-state index contributed by atoms with van der Waals surface area (Å²) in [5.74, 6) is 0. The second kappa shape index (κ2) is 12.1. The van der Waals surface area contributed by atoms with Gasteiger partial charge in [-0.25, -0.2) is 0 Å². The molecule has 0 saturated heterocycles. The van der Waals surface area contributed by atoms with Gasteiger partial charge in [0.05, 0.1) is 0 Å². The molecule has 0 heterocycles. The fraction of sp³-hybridized carbons (Fsp3) is 0.0545. The van der Waals surface area contributed by atoms with E-state index < -0.39 is 0 Å². The summed E-state index contributed by atoms with van der Waals surface area (Å²) < 4.78 is 0. The minimum atomic E-state index is -0.0561. The Hall–Kier alpha value is -6.76. The van der Waals surface area contributed by atoms with Crippen LogP contribution in [0, 0.1) is 0 Å². The highest BCUT2D eigenvalue weighted by Crippen LogP contribution is 2.52. The molecule has 0 N–H and O–H groups in total. The summed E-state index contributed by atoms with van der Waals surface area (Å²) in [5, 5.41) is 10.3. The molecule has 0 unspecified atom stereocenters. The average molecular weight is 699 g/mol. The smallest absolute Gasteiger partial charge is 0.0165 e. The lowest BCUT2D eigenvalue weighted by Crippen LogP contribution is -2.15. The third kappa shape index (κ3) is 4.85. The van der Waals surface area contributed by atoms with Crippen LogP contribution in [0.4, 0.5) is 0 Å². The average Bonchev–Trinajstić information content (AvgIpc) is 3.48. The summed E-state index contributed by atoms with van der Waals surface area (Å²) >= 11 is 0. The van der Waals surface area contributed by atoms with Gasteiger partial charge in [-0.1, -0.05) is 196 Å². The molecule has 0 spiro atoms. The van der Waals surface area contributed by atoms with Crippen molar-refractivity contribution < 1.29 is 0 Å². The highest BCUT2D eigenvalue weighted by Gasteiger charge is 2.37. The Labute approximate surface area is 322 Å². The summed E-state index contributed by atoms with van der Waals surface area (Å²) in [5.41, 5.74) is 15.5. The van der Waals surface area contributed by atoms with Crippen LogP contribution in [-0.2, 0) is 5.41 Å². The Bertz CT molecular complexity index is 3100. The minimum absolute atomic E-state index is 0.0561. The van der Waals surface area contributed by atoms with Gasteiger partial charge in [0.2, 0.25) is 0 Å². The van der Waals surface area contributed by atoms with Crippen molar-refractivity contribution in [1.29, 1.82) is 0 Å². The number of hydrogen-bond donors (Lipinski definition) is 0. The van der Waals surface area contributed by atoms with E-state index in [9.17, 15) is 0 Å². The summed E-state index contributed by atoms with van der Waals surface area (Å²) in [6.45, 7) is 4.75. The lowest BCUT2D eigenvalue weighted by atomic mass is 9.80. The van der Waals surface area contributed by atoms with Crippen LogP contribution >= 0.6 is 0 Å². The monoisotopic (exact) mass is 698 g/mol. The molecule has 55 heavy (non-hydrogen) atoms. The van der Waals surface area contributed by atoms with E-state index in [0.717, 1.165) is 0 Å². The van der Waals surface area contributed by atoms with Crippen molar-refractivity contribution in [2.24, 2.45) is 0 Å². The van der Waals surface area contributed by atoms with Crippen LogP contribution in [0.5, 0.6) is 0 Å². The first kappa shape index (κ1) is 31.7. The van der Waals surface area contributed by atoms with Crippen molar-refractivity contribution >= 4 is 43.1 Å². The first-order valence-corrected chi connectivity index (χ1v) is 19.3. The fourth-order valence-corrected chi connectivity index (χ4v) is 9.69. The molecule has 0 amide bonds. The van der Waals surface area contributed by atoms with Gasteiger partial charge in [-0.05, 0) is 122 Å². The van der Waals surface area contributed by atoms with Gasteiger partial charge in [-0.3, -0.25) is 0 Å². The third-order valence-corrected chi connectivity index (χ3v) is 12.2. The van der Waals surface area contributed by atoms with Crippen LogP contribution in [-0.4, -0.2) is 0 Å². The van der Waals surface area contributed by atoms with Crippen LogP contribution in [0.15, 0.2) is 194 Å². The summed E-state index contributed by atoms with van der Waals surface area (Å²) in [6.07, 6.45) is 0. The summed E-state index contributed by atoms with van der Waals surface area (Å²) in [6, 6.07) is 72.1. The zero-order chi connectivity index (χ0) is 36.7. The molecule has 0 aliphatic heterocycles. The molecule has 1 aliphatic rings. The molecule has 10 aromatic rings. The van der Waals surface area contributed by atoms with Crippen LogP contribution < -0.4 is 0 Å². The second-order valence-electron chi connectivity index (χ2n) is 15.6. The summed E-state index contributed by atoms with van der Waals surface area (Å²) in [7, 11) is 0. The topological polar surface area (TPSA) is 0 Å². The van der Waals surface area contributed by atoms with Crippen molar-refractivity contribution in [3.8, 4) is 55.6 Å². The maximum absolute atomic E-state index is 2.42. The maximum atomic E-state index is 2.42. The van der Waals surface area contributed by atoms with Crippen LogP contribution in [0.3, 0.4) is 0 Å². The van der Waals surface area contributed by atoms with Gasteiger partial charge in [-0.2, -0.15) is 0 Å². The predicted molar refractivity (Wildman–Crippen MR) is 236 cm³/mol. The van der Waals surface area contributed by atoms with Gasteiger partial charge in [0, 0.05) is 5.41 Å². The van der Waals surface area contributed by atoms with Gasteiger partial charge in [-0.15, -0.1) is 0 Å². The highest BCUT2D eigenvalue weighted by atomic mass is 14.4. The second-order valence-corrected chi connectivity index (χ2v) is 15.6. The van der Waals surface area contributed by atoms with Crippen LogP contribution in [0.25, 0.3) is 98.7 Å². The molecule has 0 aromatic heterocycles. The molecule has 0 fully saturated rings. The van der Waals surface area contributed by atoms with Crippen LogP contribution in [0.2, 0.25) is 0 Å². The molecule has 0 heteroatoms. The molecule has 11 rings (SSSR count). The largest absolute Gasteiger partial charge is 0.0616 e. The lowest BCUT2D eigenvalue weighted by Gasteiger charge is -2.23. The first-order valence-electron chi connectivity index (χ1n) is 19.3. The van der Waals surface area contributed by atoms with E-state index in [0.29, 0.717) is 0 Å². The molecule has 10 aromatic carbocycles. The van der Waals surface area contributed by atoms with Gasteiger partial charge >= 0.3 is 0 Å². The van der Waals surface area contributed by atoms with Gasteiger partial charge < -0.3 is 0 Å². The number of fused-ring (bicyclic) bond motifs is 8. The zero-order valence-electron chi connectivity index (χ0n) is 31.0. The SMILES string of the molecule is CC1(C)c2ccc(-c3ccc(-c4c5ccccc5c(-c5cccc(-c6cccc7ccccc67)c5)c5ccccc45)cc3)cc2-c2ccc3ccccc3c21. The van der Waals surface area contributed by atoms with Gasteiger partial charge in [0.15, 0.2) is 0 Å². The van der Waals surface area contributed by atoms with E-state index in [-0.39, 0.29) is 5.41 Å². The predicted octanol–water partition coefficient (Wildman–Crippen LogP) is 15.3. The van der Waals surface area contributed by atoms with E-state index in [2.05, 4.69) is 208 Å². The summed E-state index contributed by atoms with van der Waals surface area (Å²) in [4.78, 5) is 0. The van der Waals surface area contributed by atoms with Crippen molar-refractivity contribution in [1.82, 2.24) is 0 Å². The van der Waals surface area contributed by atoms with Gasteiger partial charge in [0.25, 0.3) is 0 Å². The molecule has 0 bridgehead atoms. The van der Waals surface area contributed by atoms with E-state index in [1.54, 1.807) is 0 Å². The molecular formula is C55H38. The molecule has 258 valence electrons. The Morgan fingerprint density at radius 2 is 0.800 bits per heavy atom. The maximum Gasteiger partial charge on any atom is 0.0165 e. The molecule has 0 atom stereocenters. The van der Waals surface area contributed by atoms with E-state index in [1.807, 2.05) is 0 Å². The number of benzene rings is 10.